The third-order valence-corrected chi connectivity index (χ3v) is 5.28. The highest BCUT2D eigenvalue weighted by atomic mass is 79.9. The van der Waals surface area contributed by atoms with Gasteiger partial charge in [0.1, 0.15) is 4.32 Å². The van der Waals surface area contributed by atoms with Crippen molar-refractivity contribution in [2.75, 3.05) is 0 Å². The summed E-state index contributed by atoms with van der Waals surface area (Å²) in [6.07, 6.45) is 2.40. The molecule has 0 radical (unpaired) electrons. The van der Waals surface area contributed by atoms with E-state index in [0.717, 1.165) is 12.8 Å². The molecule has 0 heterocycles. The van der Waals surface area contributed by atoms with Crippen LogP contribution >= 0.6 is 15.9 Å². The van der Waals surface area contributed by atoms with Gasteiger partial charge in [-0.15, -0.1) is 0 Å². The largest absolute Gasteiger partial charge is 0.480 e. The van der Waals surface area contributed by atoms with Gasteiger partial charge in [0.2, 0.25) is 0 Å². The summed E-state index contributed by atoms with van der Waals surface area (Å²) in [4.78, 5) is 11.5. The van der Waals surface area contributed by atoms with E-state index in [1.807, 2.05) is 39.0 Å². The van der Waals surface area contributed by atoms with Gasteiger partial charge >= 0.3 is 5.97 Å². The second kappa shape index (κ2) is 5.87. The maximum atomic E-state index is 11.5. The molecule has 100 valence electrons. The lowest BCUT2D eigenvalue weighted by Gasteiger charge is -2.36. The molecule has 1 aromatic carbocycles. The highest BCUT2D eigenvalue weighted by Gasteiger charge is 2.45. The number of carbonyl (C=O) groups is 1. The number of aliphatic carboxylic acids is 1. The molecule has 0 aromatic heterocycles. The summed E-state index contributed by atoms with van der Waals surface area (Å²) in [6.45, 7) is 5.87. The molecule has 3 heteroatoms. The lowest BCUT2D eigenvalue weighted by Crippen LogP contribution is -2.44. The van der Waals surface area contributed by atoms with Gasteiger partial charge < -0.3 is 5.11 Å². The van der Waals surface area contributed by atoms with Crippen molar-refractivity contribution in [3.05, 3.63) is 35.9 Å². The van der Waals surface area contributed by atoms with Gasteiger partial charge in [0.25, 0.3) is 0 Å². The van der Waals surface area contributed by atoms with Crippen molar-refractivity contribution in [2.24, 2.45) is 5.41 Å². The minimum absolute atomic E-state index is 0.310. The van der Waals surface area contributed by atoms with E-state index in [0.29, 0.717) is 6.42 Å². The van der Waals surface area contributed by atoms with Crippen molar-refractivity contribution in [1.29, 1.82) is 0 Å². The van der Waals surface area contributed by atoms with Crippen LogP contribution in [0.5, 0.6) is 0 Å². The standard InChI is InChI=1S/C15H21BrO2/c1-14(2,3)15(16,13(17)18)11-7-10-12-8-5-4-6-9-12/h4-6,8-9H,7,10-11H2,1-3H3,(H,17,18)/t15-/m0/s1. The number of aryl methyl sites for hydroxylation is 1. The Morgan fingerprint density at radius 1 is 1.22 bits per heavy atom. The third-order valence-electron chi connectivity index (χ3n) is 3.36. The minimum atomic E-state index is -0.852. The normalized spacial score (nSPS) is 15.1. The first-order chi connectivity index (χ1) is 8.27. The molecule has 0 saturated carbocycles. The smallest absolute Gasteiger partial charge is 0.320 e. The summed E-state index contributed by atoms with van der Waals surface area (Å²) < 4.78 is -0.852. The highest BCUT2D eigenvalue weighted by molar-refractivity contribution is 9.10. The first-order valence-corrected chi connectivity index (χ1v) is 7.03. The summed E-state index contributed by atoms with van der Waals surface area (Å²) in [5.74, 6) is -0.775. The molecule has 0 aliphatic rings. The molecule has 0 amide bonds. The van der Waals surface area contributed by atoms with E-state index in [2.05, 4.69) is 28.1 Å². The van der Waals surface area contributed by atoms with Crippen molar-refractivity contribution in [1.82, 2.24) is 0 Å². The maximum absolute atomic E-state index is 11.5. The fraction of sp³-hybridized carbons (Fsp3) is 0.533. The molecule has 1 aromatic rings. The second-order valence-corrected chi connectivity index (χ2v) is 7.05. The quantitative estimate of drug-likeness (QED) is 0.824. The average molecular weight is 313 g/mol. The number of benzene rings is 1. The molecular weight excluding hydrogens is 292 g/mol. The average Bonchev–Trinajstić information content (AvgIpc) is 2.28. The van der Waals surface area contributed by atoms with E-state index in [1.54, 1.807) is 0 Å². The summed E-state index contributed by atoms with van der Waals surface area (Å²) in [5.41, 5.74) is 0.946. The van der Waals surface area contributed by atoms with Crippen LogP contribution in [0.4, 0.5) is 0 Å². The molecule has 0 spiro atoms. The SMILES string of the molecule is CC(C)(C)[C@](Br)(CCCc1ccccc1)C(=O)O. The van der Waals surface area contributed by atoms with Gasteiger partial charge in [0.05, 0.1) is 0 Å². The molecule has 18 heavy (non-hydrogen) atoms. The topological polar surface area (TPSA) is 37.3 Å². The molecular formula is C15H21BrO2. The Hall–Kier alpha value is -0.830. The number of halogens is 1. The van der Waals surface area contributed by atoms with Gasteiger partial charge in [-0.05, 0) is 30.2 Å². The Bertz CT molecular complexity index is 395. The van der Waals surface area contributed by atoms with Crippen molar-refractivity contribution >= 4 is 21.9 Å². The number of carboxylic acid groups (broad SMARTS) is 1. The van der Waals surface area contributed by atoms with Crippen LogP contribution in [-0.4, -0.2) is 15.4 Å². The Morgan fingerprint density at radius 3 is 2.22 bits per heavy atom. The Morgan fingerprint density at radius 2 is 1.78 bits per heavy atom. The zero-order valence-corrected chi connectivity index (χ0v) is 12.8. The highest BCUT2D eigenvalue weighted by Crippen LogP contribution is 2.42. The third kappa shape index (κ3) is 3.58. The van der Waals surface area contributed by atoms with E-state index in [1.165, 1.54) is 5.56 Å². The van der Waals surface area contributed by atoms with Crippen LogP contribution in [0.25, 0.3) is 0 Å². The first-order valence-electron chi connectivity index (χ1n) is 6.23. The number of alkyl halides is 1. The zero-order valence-electron chi connectivity index (χ0n) is 11.2. The Balaban J connectivity index is 2.62. The predicted octanol–water partition coefficient (Wildman–Crippen LogP) is 4.27. The van der Waals surface area contributed by atoms with Crippen molar-refractivity contribution in [2.45, 2.75) is 44.4 Å². The number of carboxylic acids is 1. The van der Waals surface area contributed by atoms with Crippen molar-refractivity contribution in [3.8, 4) is 0 Å². The lowest BCUT2D eigenvalue weighted by molar-refractivity contribution is -0.142. The number of hydrogen-bond donors (Lipinski definition) is 1. The molecule has 0 aliphatic heterocycles. The van der Waals surface area contributed by atoms with E-state index >= 15 is 0 Å². The predicted molar refractivity (Wildman–Crippen MR) is 78.1 cm³/mol. The van der Waals surface area contributed by atoms with Crippen molar-refractivity contribution < 1.29 is 9.90 Å². The molecule has 0 saturated heterocycles. The molecule has 0 aliphatic carbocycles. The van der Waals surface area contributed by atoms with E-state index in [-0.39, 0.29) is 5.41 Å². The first kappa shape index (κ1) is 15.2. The maximum Gasteiger partial charge on any atom is 0.320 e. The fourth-order valence-electron chi connectivity index (χ4n) is 1.98. The van der Waals surface area contributed by atoms with E-state index < -0.39 is 10.3 Å². The monoisotopic (exact) mass is 312 g/mol. The number of rotatable bonds is 5. The Labute approximate surface area is 118 Å². The molecule has 1 N–H and O–H groups in total. The summed E-state index contributed by atoms with van der Waals surface area (Å²) in [6, 6.07) is 10.2. The van der Waals surface area contributed by atoms with E-state index in [4.69, 9.17) is 0 Å². The van der Waals surface area contributed by atoms with Crippen molar-refractivity contribution in [3.63, 3.8) is 0 Å². The van der Waals surface area contributed by atoms with Crippen LogP contribution in [0.3, 0.4) is 0 Å². The van der Waals surface area contributed by atoms with Crippen LogP contribution in [0, 0.1) is 5.41 Å². The molecule has 2 nitrogen and oxygen atoms in total. The number of hydrogen-bond acceptors (Lipinski definition) is 1. The van der Waals surface area contributed by atoms with Gasteiger partial charge in [0.15, 0.2) is 0 Å². The summed E-state index contributed by atoms with van der Waals surface area (Å²) >= 11 is 3.44. The zero-order chi connectivity index (χ0) is 13.8. The van der Waals surface area contributed by atoms with Crippen LogP contribution < -0.4 is 0 Å². The molecule has 0 unspecified atom stereocenters. The van der Waals surface area contributed by atoms with E-state index in [9.17, 15) is 9.90 Å². The van der Waals surface area contributed by atoms with Gasteiger partial charge in [-0.1, -0.05) is 67.0 Å². The molecule has 1 rings (SSSR count). The lowest BCUT2D eigenvalue weighted by atomic mass is 9.77. The summed E-state index contributed by atoms with van der Waals surface area (Å²) in [5, 5.41) is 9.42. The molecule has 0 fully saturated rings. The van der Waals surface area contributed by atoms with Crippen LogP contribution in [-0.2, 0) is 11.2 Å². The van der Waals surface area contributed by atoms with Crippen LogP contribution in [0.1, 0.15) is 39.2 Å². The van der Waals surface area contributed by atoms with Crippen LogP contribution in [0.15, 0.2) is 30.3 Å². The summed E-state index contributed by atoms with van der Waals surface area (Å²) in [7, 11) is 0. The second-order valence-electron chi connectivity index (χ2n) is 5.70. The Kier molecular flexibility index (Phi) is 4.97. The van der Waals surface area contributed by atoms with Gasteiger partial charge in [-0.3, -0.25) is 4.79 Å². The van der Waals surface area contributed by atoms with Gasteiger partial charge in [-0.2, -0.15) is 0 Å². The molecule has 0 bridgehead atoms. The molecule has 1 atom stereocenters. The van der Waals surface area contributed by atoms with Gasteiger partial charge in [0, 0.05) is 0 Å². The van der Waals surface area contributed by atoms with Gasteiger partial charge in [-0.25, -0.2) is 0 Å². The van der Waals surface area contributed by atoms with Crippen LogP contribution in [0.2, 0.25) is 0 Å². The fourth-order valence-corrected chi connectivity index (χ4v) is 2.26. The minimum Gasteiger partial charge on any atom is -0.480 e.